The summed E-state index contributed by atoms with van der Waals surface area (Å²) in [6.07, 6.45) is -3.77. The van der Waals surface area contributed by atoms with E-state index in [-0.39, 0.29) is 12.5 Å². The first-order valence-corrected chi connectivity index (χ1v) is 11.4. The van der Waals surface area contributed by atoms with Gasteiger partial charge in [-0.2, -0.15) is 13.2 Å². The van der Waals surface area contributed by atoms with Crippen LogP contribution in [0.15, 0.2) is 18.2 Å². The Balaban J connectivity index is 1.54. The zero-order chi connectivity index (χ0) is 24.0. The van der Waals surface area contributed by atoms with Gasteiger partial charge >= 0.3 is 6.18 Å². The summed E-state index contributed by atoms with van der Waals surface area (Å²) >= 11 is 1.35. The molecular weight excluding hydrogens is 459 g/mol. The number of aryl methyl sites for hydroxylation is 1. The van der Waals surface area contributed by atoms with Crippen LogP contribution in [0.5, 0.6) is 11.5 Å². The number of alkyl halides is 3. The number of ether oxygens (including phenoxy) is 3. The van der Waals surface area contributed by atoms with Gasteiger partial charge in [0.2, 0.25) is 0 Å². The third kappa shape index (κ3) is 6.81. The van der Waals surface area contributed by atoms with Gasteiger partial charge in [-0.3, -0.25) is 9.69 Å². The summed E-state index contributed by atoms with van der Waals surface area (Å²) in [5, 5.41) is 0.731. The average molecular weight is 488 g/mol. The van der Waals surface area contributed by atoms with Gasteiger partial charge in [-0.05, 0) is 31.5 Å². The Labute approximate surface area is 195 Å². The Hall–Kier alpha value is -2.37. The summed E-state index contributed by atoms with van der Waals surface area (Å²) in [6, 6.07) is 5.52. The van der Waals surface area contributed by atoms with Crippen LogP contribution in [0.25, 0.3) is 10.6 Å². The van der Waals surface area contributed by atoms with Crippen LogP contribution >= 0.6 is 11.3 Å². The second-order valence-electron chi connectivity index (χ2n) is 7.66. The van der Waals surface area contributed by atoms with E-state index >= 15 is 0 Å². The lowest BCUT2D eigenvalue weighted by Gasteiger charge is -2.34. The molecule has 11 heteroatoms. The normalized spacial score (nSPS) is 15.0. The molecular formula is C22H28F3N3O4S. The zero-order valence-electron chi connectivity index (χ0n) is 18.9. The molecule has 0 saturated carbocycles. The highest BCUT2D eigenvalue weighted by molar-refractivity contribution is 7.17. The van der Waals surface area contributed by atoms with E-state index in [0.717, 1.165) is 10.6 Å². The van der Waals surface area contributed by atoms with Crippen LogP contribution in [-0.2, 0) is 4.74 Å². The number of aromatic nitrogens is 1. The molecule has 1 aliphatic heterocycles. The van der Waals surface area contributed by atoms with Gasteiger partial charge in [0.1, 0.15) is 16.5 Å². The summed E-state index contributed by atoms with van der Waals surface area (Å²) in [6.45, 7) is 3.79. The average Bonchev–Trinajstić information content (AvgIpc) is 3.19. The SMILES string of the molecule is COc1ccc(-c2nc(C)c(C(=O)N3CCN(CCCOCC(F)(F)F)CC3)s2)cc1OC. The third-order valence-corrected chi connectivity index (χ3v) is 6.50. The lowest BCUT2D eigenvalue weighted by molar-refractivity contribution is -0.174. The van der Waals surface area contributed by atoms with Crippen LogP contribution in [0.2, 0.25) is 0 Å². The van der Waals surface area contributed by atoms with Crippen LogP contribution in [-0.4, -0.2) is 87.0 Å². The summed E-state index contributed by atoms with van der Waals surface area (Å²) in [5.41, 5.74) is 1.52. The maximum Gasteiger partial charge on any atom is 0.411 e. The highest BCUT2D eigenvalue weighted by atomic mass is 32.1. The Morgan fingerprint density at radius 2 is 1.82 bits per heavy atom. The minimum atomic E-state index is -4.29. The van der Waals surface area contributed by atoms with Crippen molar-refractivity contribution in [1.82, 2.24) is 14.8 Å². The predicted octanol–water partition coefficient (Wildman–Crippen LogP) is 3.86. The predicted molar refractivity (Wildman–Crippen MR) is 119 cm³/mol. The molecule has 0 bridgehead atoms. The highest BCUT2D eigenvalue weighted by Crippen LogP contribution is 2.35. The molecule has 1 aromatic heterocycles. The molecule has 33 heavy (non-hydrogen) atoms. The molecule has 0 N–H and O–H groups in total. The smallest absolute Gasteiger partial charge is 0.411 e. The van der Waals surface area contributed by atoms with Gasteiger partial charge in [-0.1, -0.05) is 0 Å². The van der Waals surface area contributed by atoms with E-state index in [4.69, 9.17) is 9.47 Å². The number of benzene rings is 1. The van der Waals surface area contributed by atoms with Crippen molar-refractivity contribution < 1.29 is 32.2 Å². The Kier molecular flexibility index (Phi) is 8.55. The van der Waals surface area contributed by atoms with Crippen LogP contribution in [0.3, 0.4) is 0 Å². The van der Waals surface area contributed by atoms with E-state index in [1.807, 2.05) is 19.1 Å². The topological polar surface area (TPSA) is 64.1 Å². The first kappa shape index (κ1) is 25.3. The summed E-state index contributed by atoms with van der Waals surface area (Å²) in [7, 11) is 3.14. The minimum Gasteiger partial charge on any atom is -0.493 e. The van der Waals surface area contributed by atoms with E-state index < -0.39 is 12.8 Å². The zero-order valence-corrected chi connectivity index (χ0v) is 19.7. The fourth-order valence-electron chi connectivity index (χ4n) is 3.58. The molecule has 0 aliphatic carbocycles. The second kappa shape index (κ2) is 11.2. The minimum absolute atomic E-state index is 0.0510. The van der Waals surface area contributed by atoms with Crippen molar-refractivity contribution in [3.05, 3.63) is 28.8 Å². The molecule has 0 unspecified atom stereocenters. The molecule has 1 aromatic carbocycles. The van der Waals surface area contributed by atoms with Gasteiger partial charge in [0.25, 0.3) is 5.91 Å². The van der Waals surface area contributed by atoms with E-state index in [1.165, 1.54) is 11.3 Å². The number of amides is 1. The number of methoxy groups -OCH3 is 2. The molecule has 1 saturated heterocycles. The van der Waals surface area contributed by atoms with Crippen molar-refractivity contribution in [3.8, 4) is 22.1 Å². The van der Waals surface area contributed by atoms with Crippen molar-refractivity contribution in [2.75, 3.05) is 60.2 Å². The number of carbonyl (C=O) groups is 1. The number of halogens is 3. The first-order chi connectivity index (χ1) is 15.7. The molecule has 3 rings (SSSR count). The lowest BCUT2D eigenvalue weighted by Crippen LogP contribution is -2.48. The van der Waals surface area contributed by atoms with Crippen LogP contribution in [0.4, 0.5) is 13.2 Å². The van der Waals surface area contributed by atoms with Crippen LogP contribution in [0.1, 0.15) is 21.8 Å². The number of rotatable bonds is 9. The van der Waals surface area contributed by atoms with Crippen molar-refractivity contribution in [2.45, 2.75) is 19.5 Å². The molecule has 182 valence electrons. The van der Waals surface area contributed by atoms with Crippen molar-refractivity contribution >= 4 is 17.2 Å². The van der Waals surface area contributed by atoms with Crippen LogP contribution < -0.4 is 9.47 Å². The van der Waals surface area contributed by atoms with E-state index in [1.54, 1.807) is 25.2 Å². The molecule has 0 atom stereocenters. The van der Waals surface area contributed by atoms with Crippen LogP contribution in [0, 0.1) is 6.92 Å². The van der Waals surface area contributed by atoms with Gasteiger partial charge in [-0.15, -0.1) is 11.3 Å². The fourth-order valence-corrected chi connectivity index (χ4v) is 4.61. The van der Waals surface area contributed by atoms with E-state index in [2.05, 4.69) is 14.6 Å². The fraction of sp³-hybridized carbons (Fsp3) is 0.545. The summed E-state index contributed by atoms with van der Waals surface area (Å²) in [4.78, 5) is 22.2. The first-order valence-electron chi connectivity index (χ1n) is 10.6. The number of hydrogen-bond acceptors (Lipinski definition) is 7. The molecule has 2 heterocycles. The van der Waals surface area contributed by atoms with Gasteiger partial charge in [0, 0.05) is 44.9 Å². The van der Waals surface area contributed by atoms with Gasteiger partial charge in [0.05, 0.1) is 19.9 Å². The second-order valence-corrected chi connectivity index (χ2v) is 8.66. The van der Waals surface area contributed by atoms with Gasteiger partial charge in [0.15, 0.2) is 11.5 Å². The van der Waals surface area contributed by atoms with E-state index in [0.29, 0.717) is 61.2 Å². The number of thiazole rings is 1. The quantitative estimate of drug-likeness (QED) is 0.501. The Morgan fingerprint density at radius 1 is 1.12 bits per heavy atom. The number of nitrogens with zero attached hydrogens (tertiary/aromatic N) is 3. The molecule has 1 aliphatic rings. The monoisotopic (exact) mass is 487 g/mol. The highest BCUT2D eigenvalue weighted by Gasteiger charge is 2.28. The Morgan fingerprint density at radius 3 is 2.45 bits per heavy atom. The Bertz CT molecular complexity index is 943. The maximum atomic E-state index is 13.1. The lowest BCUT2D eigenvalue weighted by atomic mass is 10.2. The summed E-state index contributed by atoms with van der Waals surface area (Å²) in [5.74, 6) is 1.16. The third-order valence-electron chi connectivity index (χ3n) is 5.31. The van der Waals surface area contributed by atoms with Gasteiger partial charge in [-0.25, -0.2) is 4.98 Å². The van der Waals surface area contributed by atoms with Crippen molar-refractivity contribution in [3.63, 3.8) is 0 Å². The summed E-state index contributed by atoms with van der Waals surface area (Å²) < 4.78 is 51.6. The van der Waals surface area contributed by atoms with Crippen molar-refractivity contribution in [2.24, 2.45) is 0 Å². The van der Waals surface area contributed by atoms with Gasteiger partial charge < -0.3 is 19.1 Å². The number of carbonyl (C=O) groups excluding carboxylic acids is 1. The molecule has 2 aromatic rings. The molecule has 1 amide bonds. The van der Waals surface area contributed by atoms with E-state index in [9.17, 15) is 18.0 Å². The molecule has 0 spiro atoms. The van der Waals surface area contributed by atoms with Crippen molar-refractivity contribution in [1.29, 1.82) is 0 Å². The number of piperazine rings is 1. The molecule has 0 radical (unpaired) electrons. The molecule has 1 fully saturated rings. The largest absolute Gasteiger partial charge is 0.493 e. The standard InChI is InChI=1S/C22H28F3N3O4S/c1-15-19(33-20(26-15)16-5-6-17(30-2)18(13-16)31-3)21(29)28-10-8-27(9-11-28)7-4-12-32-14-22(23,24)25/h5-6,13H,4,7-12,14H2,1-3H3. The molecule has 7 nitrogen and oxygen atoms in total. The number of hydrogen-bond donors (Lipinski definition) is 0. The maximum absolute atomic E-state index is 13.1.